The summed E-state index contributed by atoms with van der Waals surface area (Å²) < 4.78 is 1.04. The molecule has 0 radical (unpaired) electrons. The Balaban J connectivity index is 1.71. The Labute approximate surface area is 145 Å². The van der Waals surface area contributed by atoms with Gasteiger partial charge in [-0.25, -0.2) is 0 Å². The van der Waals surface area contributed by atoms with Gasteiger partial charge in [-0.3, -0.25) is 20.2 Å². The highest BCUT2D eigenvalue weighted by atomic mass is 32.2. The van der Waals surface area contributed by atoms with Gasteiger partial charge in [-0.1, -0.05) is 23.5 Å². The van der Waals surface area contributed by atoms with Crippen molar-refractivity contribution in [1.29, 1.82) is 0 Å². The number of thioether (sulfide) groups is 2. The van der Waals surface area contributed by atoms with E-state index in [9.17, 15) is 20.2 Å². The van der Waals surface area contributed by atoms with Crippen molar-refractivity contribution in [2.24, 2.45) is 0 Å². The van der Waals surface area contributed by atoms with Crippen molar-refractivity contribution in [2.45, 2.75) is 0 Å². The predicted molar refractivity (Wildman–Crippen MR) is 97.3 cm³/mol. The molecule has 24 heavy (non-hydrogen) atoms. The van der Waals surface area contributed by atoms with Crippen molar-refractivity contribution in [3.8, 4) is 0 Å². The van der Waals surface area contributed by atoms with E-state index >= 15 is 0 Å². The van der Waals surface area contributed by atoms with Gasteiger partial charge < -0.3 is 0 Å². The number of nitro groups is 2. The molecule has 6 nitrogen and oxygen atoms in total. The van der Waals surface area contributed by atoms with E-state index in [0.717, 1.165) is 20.3 Å². The van der Waals surface area contributed by atoms with Crippen LogP contribution < -0.4 is 0 Å². The average Bonchev–Trinajstić information content (AvgIpc) is 3.04. The Hall–Kier alpha value is -2.58. The van der Waals surface area contributed by atoms with Crippen molar-refractivity contribution < 1.29 is 9.85 Å². The van der Waals surface area contributed by atoms with Crippen molar-refractivity contribution >= 4 is 45.9 Å². The maximum absolute atomic E-state index is 10.7. The molecule has 0 saturated heterocycles. The summed E-state index contributed by atoms with van der Waals surface area (Å²) in [5.74, 6) is 0. The number of hydrogen-bond donors (Lipinski definition) is 0. The van der Waals surface area contributed by atoms with Gasteiger partial charge in [0.2, 0.25) is 0 Å². The summed E-state index contributed by atoms with van der Waals surface area (Å²) in [7, 11) is 0. The maximum Gasteiger partial charge on any atom is 0.269 e. The Morgan fingerprint density at radius 3 is 1.92 bits per heavy atom. The van der Waals surface area contributed by atoms with E-state index in [-0.39, 0.29) is 11.4 Å². The van der Waals surface area contributed by atoms with E-state index < -0.39 is 9.85 Å². The monoisotopic (exact) mass is 358 g/mol. The second kappa shape index (κ2) is 6.90. The molecular formula is C16H10N2O4S2. The zero-order valence-electron chi connectivity index (χ0n) is 12.1. The van der Waals surface area contributed by atoms with Crippen LogP contribution >= 0.6 is 23.5 Å². The molecule has 0 atom stereocenters. The van der Waals surface area contributed by atoms with Gasteiger partial charge in [0.25, 0.3) is 11.4 Å². The number of benzene rings is 2. The van der Waals surface area contributed by atoms with Crippen molar-refractivity contribution in [3.05, 3.63) is 89.5 Å². The molecule has 0 amide bonds. The van der Waals surface area contributed by atoms with Crippen LogP contribution in [0.3, 0.4) is 0 Å². The maximum atomic E-state index is 10.7. The number of nitro benzene ring substituents is 2. The second-order valence-electron chi connectivity index (χ2n) is 4.82. The third-order valence-corrected chi connectivity index (χ3v) is 5.53. The predicted octanol–water partition coefficient (Wildman–Crippen LogP) is 5.28. The molecule has 0 unspecified atom stereocenters. The van der Waals surface area contributed by atoms with Crippen LogP contribution in [0.4, 0.5) is 11.4 Å². The highest BCUT2D eigenvalue weighted by Crippen LogP contribution is 2.49. The van der Waals surface area contributed by atoms with Gasteiger partial charge in [-0.2, -0.15) is 0 Å². The lowest BCUT2D eigenvalue weighted by atomic mass is 10.2. The van der Waals surface area contributed by atoms with Crippen LogP contribution in [0.25, 0.3) is 11.0 Å². The van der Waals surface area contributed by atoms with Crippen LogP contribution in [0.15, 0.2) is 58.2 Å². The lowest BCUT2D eigenvalue weighted by molar-refractivity contribution is -0.385. The summed E-state index contributed by atoms with van der Waals surface area (Å²) >= 11 is 3.12. The highest BCUT2D eigenvalue weighted by molar-refractivity contribution is 8.31. The Bertz CT molecular complexity index is 859. The molecule has 0 aliphatic carbocycles. The summed E-state index contributed by atoms with van der Waals surface area (Å²) in [5.41, 5.74) is 1.93. The lowest BCUT2D eigenvalue weighted by Gasteiger charge is -2.01. The molecule has 120 valence electrons. The number of non-ortho nitro benzene ring substituents is 2. The molecule has 1 heterocycles. The third-order valence-electron chi connectivity index (χ3n) is 3.24. The van der Waals surface area contributed by atoms with Gasteiger partial charge in [-0.05, 0) is 46.9 Å². The zero-order valence-corrected chi connectivity index (χ0v) is 13.8. The normalized spacial score (nSPS) is 15.3. The molecule has 3 rings (SSSR count). The van der Waals surface area contributed by atoms with Gasteiger partial charge in [0.1, 0.15) is 0 Å². The van der Waals surface area contributed by atoms with Gasteiger partial charge in [0, 0.05) is 33.4 Å². The van der Waals surface area contributed by atoms with Crippen molar-refractivity contribution in [1.82, 2.24) is 0 Å². The molecular weight excluding hydrogens is 348 g/mol. The first-order valence-electron chi connectivity index (χ1n) is 6.78. The van der Waals surface area contributed by atoms with Crippen LogP contribution in [0, 0.1) is 20.2 Å². The SMILES string of the molecule is O=[N+]([O-])c1ccc(/C=C2\SC=C(c3ccc([N+](=O)[O-])cc3)S2)cc1. The van der Waals surface area contributed by atoms with Gasteiger partial charge >= 0.3 is 0 Å². The third kappa shape index (κ3) is 3.66. The largest absolute Gasteiger partial charge is 0.269 e. The van der Waals surface area contributed by atoms with Gasteiger partial charge in [0.05, 0.1) is 9.85 Å². The first-order valence-corrected chi connectivity index (χ1v) is 8.48. The molecule has 0 saturated carbocycles. The smallest absolute Gasteiger partial charge is 0.258 e. The summed E-state index contributed by atoms with van der Waals surface area (Å²) in [5, 5.41) is 23.3. The molecule has 1 aliphatic rings. The van der Waals surface area contributed by atoms with E-state index in [1.165, 1.54) is 24.3 Å². The molecule has 8 heteroatoms. The minimum Gasteiger partial charge on any atom is -0.258 e. The number of hydrogen-bond acceptors (Lipinski definition) is 6. The molecule has 0 bridgehead atoms. The average molecular weight is 358 g/mol. The quantitative estimate of drug-likeness (QED) is 0.546. The summed E-state index contributed by atoms with van der Waals surface area (Å²) in [6.07, 6.45) is 1.95. The van der Waals surface area contributed by atoms with Crippen LogP contribution in [0.5, 0.6) is 0 Å². The standard InChI is InChI=1S/C16H10N2O4S2/c19-17(20)13-5-1-11(2-6-13)9-16-23-10-15(24-16)12-3-7-14(8-4-12)18(21)22/h1-10H/b16-9+. The highest BCUT2D eigenvalue weighted by Gasteiger charge is 2.15. The number of nitrogens with zero attached hydrogens (tertiary/aromatic N) is 2. The molecule has 2 aromatic rings. The molecule has 0 spiro atoms. The second-order valence-corrected chi connectivity index (χ2v) is 7.07. The molecule has 0 aromatic heterocycles. The van der Waals surface area contributed by atoms with E-state index in [0.29, 0.717) is 0 Å². The van der Waals surface area contributed by atoms with E-state index in [2.05, 4.69) is 0 Å². The van der Waals surface area contributed by atoms with E-state index in [4.69, 9.17) is 0 Å². The Morgan fingerprint density at radius 1 is 0.833 bits per heavy atom. The number of rotatable bonds is 4. The minimum atomic E-state index is -0.426. The fourth-order valence-corrected chi connectivity index (χ4v) is 4.21. The van der Waals surface area contributed by atoms with Crippen LogP contribution in [0.1, 0.15) is 11.1 Å². The fraction of sp³-hybridized carbons (Fsp3) is 0. The van der Waals surface area contributed by atoms with E-state index in [1.807, 2.05) is 11.5 Å². The first-order chi connectivity index (χ1) is 11.5. The molecule has 2 aromatic carbocycles. The summed E-state index contributed by atoms with van der Waals surface area (Å²) in [6.45, 7) is 0. The lowest BCUT2D eigenvalue weighted by Crippen LogP contribution is -1.87. The van der Waals surface area contributed by atoms with E-state index in [1.54, 1.807) is 47.8 Å². The topological polar surface area (TPSA) is 86.3 Å². The van der Waals surface area contributed by atoms with Crippen molar-refractivity contribution in [3.63, 3.8) is 0 Å². The zero-order chi connectivity index (χ0) is 17.1. The molecule has 0 N–H and O–H groups in total. The Morgan fingerprint density at radius 2 is 1.38 bits per heavy atom. The van der Waals surface area contributed by atoms with Crippen LogP contribution in [-0.2, 0) is 0 Å². The van der Waals surface area contributed by atoms with Crippen molar-refractivity contribution in [2.75, 3.05) is 0 Å². The molecule has 0 fully saturated rings. The van der Waals surface area contributed by atoms with Crippen LogP contribution in [-0.4, -0.2) is 9.85 Å². The minimum absolute atomic E-state index is 0.0635. The fourth-order valence-electron chi connectivity index (χ4n) is 2.03. The Kier molecular flexibility index (Phi) is 4.68. The first kappa shape index (κ1) is 16.3. The summed E-state index contributed by atoms with van der Waals surface area (Å²) in [6, 6.07) is 12.8. The molecule has 1 aliphatic heterocycles. The van der Waals surface area contributed by atoms with Gasteiger partial charge in [0.15, 0.2) is 0 Å². The summed E-state index contributed by atoms with van der Waals surface area (Å²) in [4.78, 5) is 21.5. The van der Waals surface area contributed by atoms with Crippen LogP contribution in [0.2, 0.25) is 0 Å². The van der Waals surface area contributed by atoms with Gasteiger partial charge in [-0.15, -0.1) is 0 Å².